The van der Waals surface area contributed by atoms with Crippen LogP contribution in [0.5, 0.6) is 0 Å². The van der Waals surface area contributed by atoms with E-state index in [1.165, 1.54) is 11.1 Å². The number of nitrogens with two attached hydrogens (primary N) is 1. The third kappa shape index (κ3) is 5.94. The molecule has 0 radical (unpaired) electrons. The van der Waals surface area contributed by atoms with Crippen LogP contribution in [0, 0.1) is 5.92 Å². The first-order valence-electron chi connectivity index (χ1n) is 10.0. The number of nitrogens with zero attached hydrogens (tertiary/aromatic N) is 1. The van der Waals surface area contributed by atoms with Crippen molar-refractivity contribution in [2.75, 3.05) is 19.6 Å². The molecule has 0 spiro atoms. The fraction of sp³-hybridized carbons (Fsp3) is 0.619. The van der Waals surface area contributed by atoms with Crippen molar-refractivity contribution in [2.24, 2.45) is 11.7 Å². The van der Waals surface area contributed by atoms with Crippen molar-refractivity contribution >= 4 is 24.2 Å². The molecule has 1 aliphatic heterocycles. The zero-order valence-corrected chi connectivity index (χ0v) is 16.8. The minimum atomic E-state index is -0.0191. The molecule has 1 aliphatic carbocycles. The Kier molecular flexibility index (Phi) is 8.58. The lowest BCUT2D eigenvalue weighted by Crippen LogP contribution is -2.50. The molecule has 6 heteroatoms. The van der Waals surface area contributed by atoms with Gasteiger partial charge < -0.3 is 16.0 Å². The number of fused-ring (bicyclic) bond motifs is 1. The number of carbonyl (C=O) groups excluding carboxylic acids is 2. The molecule has 2 aliphatic rings. The van der Waals surface area contributed by atoms with Crippen LogP contribution in [0.25, 0.3) is 0 Å². The number of amides is 2. The van der Waals surface area contributed by atoms with Gasteiger partial charge in [0.25, 0.3) is 0 Å². The second-order valence-electron chi connectivity index (χ2n) is 7.66. The van der Waals surface area contributed by atoms with Crippen LogP contribution in [0.4, 0.5) is 0 Å². The molecule has 0 saturated carbocycles. The summed E-state index contributed by atoms with van der Waals surface area (Å²) in [6.07, 6.45) is 7.31. The molecule has 2 amide bonds. The zero-order chi connectivity index (χ0) is 18.4. The van der Waals surface area contributed by atoms with E-state index in [-0.39, 0.29) is 30.3 Å². The highest BCUT2D eigenvalue weighted by Gasteiger charge is 2.29. The van der Waals surface area contributed by atoms with Crippen molar-refractivity contribution in [1.82, 2.24) is 10.2 Å². The van der Waals surface area contributed by atoms with Crippen LogP contribution in [0.1, 0.15) is 49.7 Å². The Balaban J connectivity index is 0.00000261. The maximum Gasteiger partial charge on any atom is 0.223 e. The largest absolute Gasteiger partial charge is 0.354 e. The smallest absolute Gasteiger partial charge is 0.223 e. The Morgan fingerprint density at radius 2 is 1.93 bits per heavy atom. The maximum atomic E-state index is 13.0. The average Bonchev–Trinajstić information content (AvgIpc) is 2.66. The van der Waals surface area contributed by atoms with Crippen molar-refractivity contribution < 1.29 is 9.59 Å². The molecule has 1 heterocycles. The SMILES string of the molecule is Cl.NCCC(=O)NCC1CCCCN1C(=O)CC1CCc2ccccc2C1. The van der Waals surface area contributed by atoms with Gasteiger partial charge in [0.05, 0.1) is 0 Å². The third-order valence-electron chi connectivity index (χ3n) is 5.77. The summed E-state index contributed by atoms with van der Waals surface area (Å²) in [5.74, 6) is 0.674. The van der Waals surface area contributed by atoms with Crippen molar-refractivity contribution in [1.29, 1.82) is 0 Å². The number of aryl methyl sites for hydroxylation is 1. The van der Waals surface area contributed by atoms with E-state index in [0.717, 1.165) is 45.1 Å². The van der Waals surface area contributed by atoms with Gasteiger partial charge in [0.2, 0.25) is 11.8 Å². The highest BCUT2D eigenvalue weighted by atomic mass is 35.5. The minimum Gasteiger partial charge on any atom is -0.354 e. The van der Waals surface area contributed by atoms with Crippen molar-refractivity contribution in [3.63, 3.8) is 0 Å². The Morgan fingerprint density at radius 3 is 2.70 bits per heavy atom. The molecular formula is C21H32ClN3O2. The number of hydrogen-bond donors (Lipinski definition) is 2. The lowest BCUT2D eigenvalue weighted by Gasteiger charge is -2.37. The van der Waals surface area contributed by atoms with Gasteiger partial charge in [-0.3, -0.25) is 9.59 Å². The predicted molar refractivity (Wildman–Crippen MR) is 110 cm³/mol. The molecule has 3 N–H and O–H groups in total. The van der Waals surface area contributed by atoms with Crippen LogP contribution in [-0.2, 0) is 22.4 Å². The van der Waals surface area contributed by atoms with Crippen LogP contribution in [0.2, 0.25) is 0 Å². The number of halogens is 1. The molecule has 0 aromatic heterocycles. The van der Waals surface area contributed by atoms with Gasteiger partial charge in [-0.25, -0.2) is 0 Å². The molecule has 2 atom stereocenters. The van der Waals surface area contributed by atoms with E-state index in [1.807, 2.05) is 4.90 Å². The van der Waals surface area contributed by atoms with E-state index in [0.29, 0.717) is 31.8 Å². The molecule has 3 rings (SSSR count). The second kappa shape index (κ2) is 10.7. The molecule has 1 aromatic rings. The summed E-state index contributed by atoms with van der Waals surface area (Å²) in [4.78, 5) is 26.7. The Morgan fingerprint density at radius 1 is 1.15 bits per heavy atom. The van der Waals surface area contributed by atoms with E-state index in [2.05, 4.69) is 29.6 Å². The number of hydrogen-bond acceptors (Lipinski definition) is 3. The van der Waals surface area contributed by atoms with Crippen LogP contribution < -0.4 is 11.1 Å². The van der Waals surface area contributed by atoms with Crippen molar-refractivity contribution in [3.05, 3.63) is 35.4 Å². The number of nitrogens with one attached hydrogen (secondary N) is 1. The van der Waals surface area contributed by atoms with E-state index < -0.39 is 0 Å². The molecular weight excluding hydrogens is 362 g/mol. The molecule has 1 saturated heterocycles. The van der Waals surface area contributed by atoms with Crippen LogP contribution in [-0.4, -0.2) is 42.4 Å². The first kappa shape index (κ1) is 21.7. The first-order chi connectivity index (χ1) is 12.7. The summed E-state index contributed by atoms with van der Waals surface area (Å²) in [7, 11) is 0. The van der Waals surface area contributed by atoms with Gasteiger partial charge in [0, 0.05) is 38.5 Å². The Hall–Kier alpha value is -1.59. The minimum absolute atomic E-state index is 0. The summed E-state index contributed by atoms with van der Waals surface area (Å²) >= 11 is 0. The Labute approximate surface area is 168 Å². The summed E-state index contributed by atoms with van der Waals surface area (Å²) < 4.78 is 0. The molecule has 2 unspecified atom stereocenters. The summed E-state index contributed by atoms with van der Waals surface area (Å²) in [6, 6.07) is 8.73. The number of piperidine rings is 1. The van der Waals surface area contributed by atoms with Gasteiger partial charge in [-0.05, 0) is 55.6 Å². The lowest BCUT2D eigenvalue weighted by molar-refractivity contribution is -0.136. The first-order valence-corrected chi connectivity index (χ1v) is 10.0. The quantitative estimate of drug-likeness (QED) is 0.779. The lowest BCUT2D eigenvalue weighted by atomic mass is 9.82. The number of rotatable bonds is 6. The fourth-order valence-electron chi connectivity index (χ4n) is 4.30. The molecule has 1 aromatic carbocycles. The van der Waals surface area contributed by atoms with Crippen molar-refractivity contribution in [2.45, 2.75) is 57.4 Å². The van der Waals surface area contributed by atoms with Gasteiger partial charge >= 0.3 is 0 Å². The molecule has 0 bridgehead atoms. The van der Waals surface area contributed by atoms with Crippen LogP contribution >= 0.6 is 12.4 Å². The fourth-order valence-corrected chi connectivity index (χ4v) is 4.30. The van der Waals surface area contributed by atoms with E-state index in [4.69, 9.17) is 5.73 Å². The van der Waals surface area contributed by atoms with Crippen molar-refractivity contribution in [3.8, 4) is 0 Å². The van der Waals surface area contributed by atoms with Crippen LogP contribution in [0.3, 0.4) is 0 Å². The van der Waals surface area contributed by atoms with E-state index >= 15 is 0 Å². The molecule has 27 heavy (non-hydrogen) atoms. The number of carbonyl (C=O) groups is 2. The van der Waals surface area contributed by atoms with Gasteiger partial charge in [-0.15, -0.1) is 12.4 Å². The highest BCUT2D eigenvalue weighted by Crippen LogP contribution is 2.29. The predicted octanol–water partition coefficient (Wildman–Crippen LogP) is 2.45. The maximum absolute atomic E-state index is 13.0. The normalized spacial score (nSPS) is 21.7. The van der Waals surface area contributed by atoms with Gasteiger partial charge in [0.1, 0.15) is 0 Å². The average molecular weight is 394 g/mol. The van der Waals surface area contributed by atoms with E-state index in [9.17, 15) is 9.59 Å². The highest BCUT2D eigenvalue weighted by molar-refractivity contribution is 5.85. The summed E-state index contributed by atoms with van der Waals surface area (Å²) in [5, 5.41) is 2.94. The number of benzene rings is 1. The summed E-state index contributed by atoms with van der Waals surface area (Å²) in [5.41, 5.74) is 8.27. The van der Waals surface area contributed by atoms with Gasteiger partial charge in [-0.1, -0.05) is 24.3 Å². The Bertz CT molecular complexity index is 638. The zero-order valence-electron chi connectivity index (χ0n) is 16.0. The number of likely N-dealkylation sites (tertiary alicyclic amines) is 1. The molecule has 5 nitrogen and oxygen atoms in total. The second-order valence-corrected chi connectivity index (χ2v) is 7.66. The topological polar surface area (TPSA) is 75.4 Å². The standard InChI is InChI=1S/C21H31N3O2.ClH/c22-11-10-20(25)23-15-19-7-3-4-12-24(19)21(26)14-16-8-9-17-5-1-2-6-18(17)13-16;/h1-2,5-6,16,19H,3-4,7-15,22H2,(H,23,25);1H. The molecule has 1 fully saturated rings. The van der Waals surface area contributed by atoms with E-state index in [1.54, 1.807) is 0 Å². The monoisotopic (exact) mass is 393 g/mol. The van der Waals surface area contributed by atoms with Gasteiger partial charge in [0.15, 0.2) is 0 Å². The summed E-state index contributed by atoms with van der Waals surface area (Å²) in [6.45, 7) is 1.74. The van der Waals surface area contributed by atoms with Gasteiger partial charge in [-0.2, -0.15) is 0 Å². The van der Waals surface area contributed by atoms with Crippen LogP contribution in [0.15, 0.2) is 24.3 Å². The molecule has 150 valence electrons. The third-order valence-corrected chi connectivity index (χ3v) is 5.77.